The lowest BCUT2D eigenvalue weighted by molar-refractivity contribution is 0.249. The van der Waals surface area contributed by atoms with Crippen LogP contribution in [-0.2, 0) is 0 Å². The van der Waals surface area contributed by atoms with Crippen LogP contribution < -0.4 is 11.2 Å². The topological polar surface area (TPSA) is 67.5 Å². The molecule has 0 aromatic carbocycles. The van der Waals surface area contributed by atoms with Gasteiger partial charge in [-0.25, -0.2) is 10.2 Å². The molecule has 0 unspecified atom stereocenters. The van der Waals surface area contributed by atoms with E-state index in [9.17, 15) is 4.79 Å². The van der Waals surface area contributed by atoms with Gasteiger partial charge in [-0.2, -0.15) is 5.10 Å². The molecule has 70 valence electrons. The highest BCUT2D eigenvalue weighted by molar-refractivity contribution is 5.72. The SMILES string of the molecule is CC[C@H](C)CC/C=N/NC(N)=O. The molecule has 4 nitrogen and oxygen atoms in total. The van der Waals surface area contributed by atoms with Gasteiger partial charge in [0.1, 0.15) is 0 Å². The summed E-state index contributed by atoms with van der Waals surface area (Å²) in [5, 5.41) is 3.63. The van der Waals surface area contributed by atoms with E-state index >= 15 is 0 Å². The third kappa shape index (κ3) is 7.05. The average Bonchev–Trinajstić information content (AvgIpc) is 2.03. The number of nitrogens with zero attached hydrogens (tertiary/aromatic N) is 1. The molecule has 0 aliphatic rings. The minimum Gasteiger partial charge on any atom is -0.350 e. The smallest absolute Gasteiger partial charge is 0.332 e. The zero-order valence-corrected chi connectivity index (χ0v) is 7.71. The molecule has 0 spiro atoms. The van der Waals surface area contributed by atoms with Gasteiger partial charge in [-0.3, -0.25) is 0 Å². The Morgan fingerprint density at radius 2 is 2.42 bits per heavy atom. The van der Waals surface area contributed by atoms with Gasteiger partial charge in [-0.15, -0.1) is 0 Å². The fourth-order valence-electron chi connectivity index (χ4n) is 0.737. The molecular weight excluding hydrogens is 154 g/mol. The molecule has 0 bridgehead atoms. The Hall–Kier alpha value is -1.06. The second-order valence-corrected chi connectivity index (χ2v) is 2.88. The number of amides is 2. The van der Waals surface area contributed by atoms with Crippen molar-refractivity contribution in [3.63, 3.8) is 0 Å². The second-order valence-electron chi connectivity index (χ2n) is 2.88. The zero-order chi connectivity index (χ0) is 9.40. The fourth-order valence-corrected chi connectivity index (χ4v) is 0.737. The molecule has 0 aliphatic carbocycles. The fraction of sp³-hybridized carbons (Fsp3) is 0.750. The number of hydrogen-bond acceptors (Lipinski definition) is 2. The van der Waals surface area contributed by atoms with E-state index in [2.05, 4.69) is 24.4 Å². The van der Waals surface area contributed by atoms with Crippen LogP contribution in [0.5, 0.6) is 0 Å². The van der Waals surface area contributed by atoms with E-state index in [4.69, 9.17) is 5.73 Å². The highest BCUT2D eigenvalue weighted by Crippen LogP contribution is 2.07. The predicted octanol–water partition coefficient (Wildman–Crippen LogP) is 1.47. The minimum absolute atomic E-state index is 0.616. The van der Waals surface area contributed by atoms with Crippen molar-refractivity contribution in [2.75, 3.05) is 0 Å². The number of nitrogens with two attached hydrogens (primary N) is 1. The summed E-state index contributed by atoms with van der Waals surface area (Å²) in [7, 11) is 0. The van der Waals surface area contributed by atoms with Gasteiger partial charge in [0.15, 0.2) is 0 Å². The lowest BCUT2D eigenvalue weighted by Gasteiger charge is -2.03. The van der Waals surface area contributed by atoms with Crippen molar-refractivity contribution < 1.29 is 4.79 Å². The zero-order valence-electron chi connectivity index (χ0n) is 7.71. The molecule has 0 aromatic heterocycles. The average molecular weight is 171 g/mol. The first kappa shape index (κ1) is 10.9. The molecule has 0 aliphatic heterocycles. The van der Waals surface area contributed by atoms with Crippen LogP contribution >= 0.6 is 0 Å². The third-order valence-electron chi connectivity index (χ3n) is 1.75. The summed E-state index contributed by atoms with van der Waals surface area (Å²) in [5.41, 5.74) is 6.94. The van der Waals surface area contributed by atoms with Gasteiger partial charge in [0.25, 0.3) is 0 Å². The molecule has 1 atom stereocenters. The Morgan fingerprint density at radius 1 is 1.75 bits per heavy atom. The lowest BCUT2D eigenvalue weighted by Crippen LogP contribution is -2.24. The molecule has 0 saturated carbocycles. The highest BCUT2D eigenvalue weighted by Gasteiger charge is 1.95. The maximum absolute atomic E-state index is 10.1. The third-order valence-corrected chi connectivity index (χ3v) is 1.75. The molecule has 0 heterocycles. The number of hydrazone groups is 1. The Bertz CT molecular complexity index is 156. The number of nitrogens with one attached hydrogen (secondary N) is 1. The van der Waals surface area contributed by atoms with Crippen molar-refractivity contribution in [3.05, 3.63) is 0 Å². The van der Waals surface area contributed by atoms with E-state index < -0.39 is 6.03 Å². The first-order valence-electron chi connectivity index (χ1n) is 4.23. The van der Waals surface area contributed by atoms with Crippen molar-refractivity contribution in [3.8, 4) is 0 Å². The van der Waals surface area contributed by atoms with Crippen LogP contribution in [0.4, 0.5) is 4.79 Å². The van der Waals surface area contributed by atoms with Gasteiger partial charge in [0.2, 0.25) is 0 Å². The molecule has 0 aromatic rings. The van der Waals surface area contributed by atoms with Crippen LogP contribution in [0, 0.1) is 5.92 Å². The maximum Gasteiger partial charge on any atom is 0.332 e. The molecule has 0 radical (unpaired) electrons. The number of carbonyl (C=O) groups is 1. The van der Waals surface area contributed by atoms with Crippen LogP contribution in [0.25, 0.3) is 0 Å². The van der Waals surface area contributed by atoms with Crippen molar-refractivity contribution >= 4 is 12.2 Å². The number of hydrogen-bond donors (Lipinski definition) is 2. The van der Waals surface area contributed by atoms with Crippen molar-refractivity contribution in [2.24, 2.45) is 16.8 Å². The minimum atomic E-state index is -0.616. The highest BCUT2D eigenvalue weighted by atomic mass is 16.2. The lowest BCUT2D eigenvalue weighted by atomic mass is 10.0. The first-order chi connectivity index (χ1) is 5.66. The van der Waals surface area contributed by atoms with Gasteiger partial charge < -0.3 is 5.73 Å². The summed E-state index contributed by atoms with van der Waals surface area (Å²) in [6, 6.07) is -0.616. The molecule has 0 fully saturated rings. The predicted molar refractivity (Wildman–Crippen MR) is 49.9 cm³/mol. The standard InChI is InChI=1S/C8H17N3O/c1-3-7(2)5-4-6-10-11-8(9)12/h6-7H,3-5H2,1-2H3,(H3,9,11,12)/b10-6+/t7-/m0/s1. The van der Waals surface area contributed by atoms with Gasteiger partial charge >= 0.3 is 6.03 Å². The van der Waals surface area contributed by atoms with E-state index in [1.807, 2.05) is 0 Å². The summed E-state index contributed by atoms with van der Waals surface area (Å²) in [6.07, 6.45) is 4.84. The Morgan fingerprint density at radius 3 is 2.92 bits per heavy atom. The Balaban J connectivity index is 3.30. The van der Waals surface area contributed by atoms with Crippen LogP contribution in [0.15, 0.2) is 5.10 Å². The molecule has 4 heteroatoms. The quantitative estimate of drug-likeness (QED) is 0.477. The molecule has 2 amide bonds. The van der Waals surface area contributed by atoms with Gasteiger partial charge in [-0.1, -0.05) is 20.3 Å². The summed E-state index contributed by atoms with van der Waals surface area (Å²) in [4.78, 5) is 10.1. The summed E-state index contributed by atoms with van der Waals surface area (Å²) >= 11 is 0. The summed E-state index contributed by atoms with van der Waals surface area (Å²) in [6.45, 7) is 4.35. The van der Waals surface area contributed by atoms with Gasteiger partial charge in [0, 0.05) is 6.21 Å². The van der Waals surface area contributed by atoms with Crippen molar-refractivity contribution in [1.82, 2.24) is 5.43 Å². The second kappa shape index (κ2) is 6.64. The van der Waals surface area contributed by atoms with E-state index in [0.29, 0.717) is 5.92 Å². The van der Waals surface area contributed by atoms with Gasteiger partial charge in [0.05, 0.1) is 0 Å². The molecule has 3 N–H and O–H groups in total. The first-order valence-corrected chi connectivity index (χ1v) is 4.23. The number of primary amides is 1. The van der Waals surface area contributed by atoms with Crippen LogP contribution in [-0.4, -0.2) is 12.2 Å². The van der Waals surface area contributed by atoms with Crippen LogP contribution in [0.1, 0.15) is 33.1 Å². The van der Waals surface area contributed by atoms with Crippen molar-refractivity contribution in [1.29, 1.82) is 0 Å². The van der Waals surface area contributed by atoms with E-state index in [1.165, 1.54) is 6.42 Å². The molecular formula is C8H17N3O. The van der Waals surface area contributed by atoms with E-state index in [-0.39, 0.29) is 0 Å². The monoisotopic (exact) mass is 171 g/mol. The molecule has 0 saturated heterocycles. The Labute approximate surface area is 73.2 Å². The van der Waals surface area contributed by atoms with Crippen molar-refractivity contribution in [2.45, 2.75) is 33.1 Å². The maximum atomic E-state index is 10.1. The normalized spacial score (nSPS) is 13.2. The number of carbonyl (C=O) groups excluding carboxylic acids is 1. The van der Waals surface area contributed by atoms with E-state index in [1.54, 1.807) is 6.21 Å². The number of urea groups is 1. The number of rotatable bonds is 5. The largest absolute Gasteiger partial charge is 0.350 e. The summed E-state index contributed by atoms with van der Waals surface area (Å²) in [5.74, 6) is 0.713. The molecule has 12 heavy (non-hydrogen) atoms. The van der Waals surface area contributed by atoms with Crippen LogP contribution in [0.3, 0.4) is 0 Å². The molecule has 0 rings (SSSR count). The summed E-state index contributed by atoms with van der Waals surface area (Å²) < 4.78 is 0. The van der Waals surface area contributed by atoms with E-state index in [0.717, 1.165) is 12.8 Å². The van der Waals surface area contributed by atoms with Gasteiger partial charge in [-0.05, 0) is 18.8 Å². The Kier molecular flexibility index (Phi) is 6.05. The van der Waals surface area contributed by atoms with Crippen LogP contribution in [0.2, 0.25) is 0 Å².